The lowest BCUT2D eigenvalue weighted by Crippen LogP contribution is -2.48. The summed E-state index contributed by atoms with van der Waals surface area (Å²) in [6.45, 7) is 9.20. The first kappa shape index (κ1) is 11.1. The SMILES string of the molecule is CC(C)(C)N1CCC2(CCC(=O)C2)CC1. The molecule has 86 valence electrons. The van der Waals surface area contributed by atoms with E-state index >= 15 is 0 Å². The topological polar surface area (TPSA) is 20.3 Å². The summed E-state index contributed by atoms with van der Waals surface area (Å²) >= 11 is 0. The molecule has 2 fully saturated rings. The number of Topliss-reactive ketones (excluding diaryl/α,β-unsaturated/α-hetero) is 1. The van der Waals surface area contributed by atoms with Gasteiger partial charge in [-0.15, -0.1) is 0 Å². The van der Waals surface area contributed by atoms with Crippen molar-refractivity contribution in [2.75, 3.05) is 13.1 Å². The molecule has 2 rings (SSSR count). The van der Waals surface area contributed by atoms with E-state index in [0.29, 0.717) is 16.7 Å². The lowest BCUT2D eigenvalue weighted by molar-refractivity contribution is -0.118. The zero-order chi connectivity index (χ0) is 11.1. The Bertz CT molecular complexity index is 256. The molecule has 0 aromatic heterocycles. The minimum atomic E-state index is 0.296. The summed E-state index contributed by atoms with van der Waals surface area (Å²) in [6, 6.07) is 0. The van der Waals surface area contributed by atoms with Gasteiger partial charge in [-0.25, -0.2) is 0 Å². The molecule has 2 nitrogen and oxygen atoms in total. The molecule has 0 unspecified atom stereocenters. The quantitative estimate of drug-likeness (QED) is 0.611. The molecular weight excluding hydrogens is 186 g/mol. The summed E-state index contributed by atoms with van der Waals surface area (Å²) < 4.78 is 0. The van der Waals surface area contributed by atoms with Gasteiger partial charge in [0.05, 0.1) is 0 Å². The zero-order valence-electron chi connectivity index (χ0n) is 10.3. The van der Waals surface area contributed by atoms with E-state index < -0.39 is 0 Å². The normalized spacial score (nSPS) is 27.5. The first-order valence-corrected chi connectivity index (χ1v) is 6.18. The average molecular weight is 209 g/mol. The molecule has 0 bridgehead atoms. The number of ketones is 1. The van der Waals surface area contributed by atoms with Crippen molar-refractivity contribution in [3.63, 3.8) is 0 Å². The molecule has 0 radical (unpaired) electrons. The van der Waals surface area contributed by atoms with Gasteiger partial charge >= 0.3 is 0 Å². The number of nitrogens with zero attached hydrogens (tertiary/aromatic N) is 1. The Labute approximate surface area is 93.0 Å². The third-order valence-corrected chi connectivity index (χ3v) is 4.28. The Hall–Kier alpha value is -0.370. The van der Waals surface area contributed by atoms with E-state index in [0.717, 1.165) is 19.3 Å². The average Bonchev–Trinajstić information content (AvgIpc) is 2.47. The molecule has 2 aliphatic rings. The van der Waals surface area contributed by atoms with E-state index in [-0.39, 0.29) is 0 Å². The van der Waals surface area contributed by atoms with E-state index in [2.05, 4.69) is 25.7 Å². The van der Waals surface area contributed by atoms with E-state index in [1.165, 1.54) is 25.9 Å². The highest BCUT2D eigenvalue weighted by molar-refractivity contribution is 5.81. The predicted molar refractivity (Wildman–Crippen MR) is 61.9 cm³/mol. The highest BCUT2D eigenvalue weighted by atomic mass is 16.1. The van der Waals surface area contributed by atoms with Gasteiger partial charge in [0.25, 0.3) is 0 Å². The van der Waals surface area contributed by atoms with Gasteiger partial charge in [0.1, 0.15) is 5.78 Å². The van der Waals surface area contributed by atoms with E-state index in [4.69, 9.17) is 0 Å². The van der Waals surface area contributed by atoms with Crippen LogP contribution in [0.1, 0.15) is 52.9 Å². The summed E-state index contributed by atoms with van der Waals surface area (Å²) in [5.41, 5.74) is 0.697. The molecule has 0 aromatic rings. The second-order valence-electron chi connectivity index (χ2n) is 6.37. The van der Waals surface area contributed by atoms with Gasteiger partial charge in [0, 0.05) is 18.4 Å². The Morgan fingerprint density at radius 3 is 2.13 bits per heavy atom. The molecule has 15 heavy (non-hydrogen) atoms. The lowest BCUT2D eigenvalue weighted by Gasteiger charge is -2.45. The Balaban J connectivity index is 1.95. The number of piperidine rings is 1. The molecule has 0 aromatic carbocycles. The molecule has 1 aliphatic carbocycles. The molecule has 2 heteroatoms. The van der Waals surface area contributed by atoms with Gasteiger partial charge in [-0.2, -0.15) is 0 Å². The summed E-state index contributed by atoms with van der Waals surface area (Å²) in [4.78, 5) is 13.9. The van der Waals surface area contributed by atoms with Gasteiger partial charge in [-0.05, 0) is 58.5 Å². The fourth-order valence-corrected chi connectivity index (χ4v) is 3.08. The Kier molecular flexibility index (Phi) is 2.66. The van der Waals surface area contributed by atoms with Crippen LogP contribution < -0.4 is 0 Å². The van der Waals surface area contributed by atoms with Crippen LogP contribution in [-0.4, -0.2) is 29.3 Å². The lowest BCUT2D eigenvalue weighted by atomic mass is 9.76. The second-order valence-corrected chi connectivity index (χ2v) is 6.37. The molecule has 1 saturated heterocycles. The van der Waals surface area contributed by atoms with Gasteiger partial charge < -0.3 is 0 Å². The van der Waals surface area contributed by atoms with Crippen LogP contribution in [0, 0.1) is 5.41 Å². The minimum Gasteiger partial charge on any atom is -0.300 e. The molecule has 1 spiro atoms. The smallest absolute Gasteiger partial charge is 0.133 e. The number of carbonyl (C=O) groups excluding carboxylic acids is 1. The number of hydrogen-bond donors (Lipinski definition) is 0. The number of hydrogen-bond acceptors (Lipinski definition) is 2. The van der Waals surface area contributed by atoms with Crippen LogP contribution in [0.3, 0.4) is 0 Å². The molecular formula is C13H23NO. The van der Waals surface area contributed by atoms with Crippen LogP contribution in [0.25, 0.3) is 0 Å². The van der Waals surface area contributed by atoms with Crippen LogP contribution in [0.15, 0.2) is 0 Å². The highest BCUT2D eigenvalue weighted by Gasteiger charge is 2.42. The van der Waals surface area contributed by atoms with Crippen LogP contribution >= 0.6 is 0 Å². The van der Waals surface area contributed by atoms with Gasteiger partial charge in [-0.3, -0.25) is 9.69 Å². The summed E-state index contributed by atoms with van der Waals surface area (Å²) in [5.74, 6) is 0.499. The third kappa shape index (κ3) is 2.25. The highest BCUT2D eigenvalue weighted by Crippen LogP contribution is 2.45. The van der Waals surface area contributed by atoms with Crippen molar-refractivity contribution in [1.82, 2.24) is 4.90 Å². The van der Waals surface area contributed by atoms with Crippen molar-refractivity contribution in [3.8, 4) is 0 Å². The molecule has 0 atom stereocenters. The Morgan fingerprint density at radius 2 is 1.73 bits per heavy atom. The largest absolute Gasteiger partial charge is 0.300 e. The summed E-state index contributed by atoms with van der Waals surface area (Å²) in [5, 5.41) is 0. The van der Waals surface area contributed by atoms with Crippen molar-refractivity contribution in [1.29, 1.82) is 0 Å². The fourth-order valence-electron chi connectivity index (χ4n) is 3.08. The molecule has 1 heterocycles. The van der Waals surface area contributed by atoms with Crippen molar-refractivity contribution in [2.24, 2.45) is 5.41 Å². The van der Waals surface area contributed by atoms with Crippen LogP contribution in [0.4, 0.5) is 0 Å². The van der Waals surface area contributed by atoms with Gasteiger partial charge in [-0.1, -0.05) is 0 Å². The third-order valence-electron chi connectivity index (χ3n) is 4.28. The van der Waals surface area contributed by atoms with Crippen LogP contribution in [0.2, 0.25) is 0 Å². The number of likely N-dealkylation sites (tertiary alicyclic amines) is 1. The van der Waals surface area contributed by atoms with Gasteiger partial charge in [0.15, 0.2) is 0 Å². The monoisotopic (exact) mass is 209 g/mol. The van der Waals surface area contributed by atoms with Crippen molar-refractivity contribution in [3.05, 3.63) is 0 Å². The maximum atomic E-state index is 11.4. The van der Waals surface area contributed by atoms with Crippen molar-refractivity contribution >= 4 is 5.78 Å². The van der Waals surface area contributed by atoms with Gasteiger partial charge in [0.2, 0.25) is 0 Å². The van der Waals surface area contributed by atoms with Crippen molar-refractivity contribution in [2.45, 2.75) is 58.4 Å². The second kappa shape index (κ2) is 3.58. The standard InChI is InChI=1S/C13H23NO/c1-12(2,3)14-8-6-13(7-9-14)5-4-11(15)10-13/h4-10H2,1-3H3. The summed E-state index contributed by atoms with van der Waals surface area (Å²) in [7, 11) is 0. The first-order valence-electron chi connectivity index (χ1n) is 6.18. The van der Waals surface area contributed by atoms with E-state index in [1.54, 1.807) is 0 Å². The Morgan fingerprint density at radius 1 is 1.13 bits per heavy atom. The predicted octanol–water partition coefficient (Wildman–Crippen LogP) is 2.62. The van der Waals surface area contributed by atoms with E-state index in [9.17, 15) is 4.79 Å². The maximum absolute atomic E-state index is 11.4. The first-order chi connectivity index (χ1) is 6.91. The van der Waals surface area contributed by atoms with Crippen LogP contribution in [0.5, 0.6) is 0 Å². The summed E-state index contributed by atoms with van der Waals surface area (Å²) in [6.07, 6.45) is 5.33. The molecule has 1 aliphatic heterocycles. The minimum absolute atomic E-state index is 0.296. The number of rotatable bonds is 0. The maximum Gasteiger partial charge on any atom is 0.133 e. The molecule has 1 saturated carbocycles. The van der Waals surface area contributed by atoms with E-state index in [1.807, 2.05) is 0 Å². The fraction of sp³-hybridized carbons (Fsp3) is 0.923. The molecule has 0 amide bonds. The van der Waals surface area contributed by atoms with Crippen LogP contribution in [-0.2, 0) is 4.79 Å². The van der Waals surface area contributed by atoms with Crippen molar-refractivity contribution < 1.29 is 4.79 Å². The number of carbonyl (C=O) groups is 1. The zero-order valence-corrected chi connectivity index (χ0v) is 10.3. The molecule has 0 N–H and O–H groups in total.